The summed E-state index contributed by atoms with van der Waals surface area (Å²) in [5.41, 5.74) is -0.715. The number of hydrogen-bond donors (Lipinski definition) is 1. The van der Waals surface area contributed by atoms with Gasteiger partial charge in [0.05, 0.1) is 29.5 Å². The van der Waals surface area contributed by atoms with Gasteiger partial charge in [0.1, 0.15) is 6.04 Å². The molecule has 2 rings (SSSR count). The van der Waals surface area contributed by atoms with E-state index in [0.717, 1.165) is 18.2 Å². The minimum absolute atomic E-state index is 0.169. The van der Waals surface area contributed by atoms with Crippen LogP contribution in [-0.4, -0.2) is 55.7 Å². The summed E-state index contributed by atoms with van der Waals surface area (Å²) in [7, 11) is 0. The van der Waals surface area contributed by atoms with E-state index in [2.05, 4.69) is 5.32 Å². The molecule has 0 aromatic heterocycles. The van der Waals surface area contributed by atoms with E-state index in [9.17, 15) is 22.8 Å². The number of rotatable bonds is 6. The first-order valence-electron chi connectivity index (χ1n) is 8.75. The molecule has 0 spiro atoms. The molecule has 156 valence electrons. The van der Waals surface area contributed by atoms with Crippen LogP contribution in [0.2, 0.25) is 5.02 Å². The highest BCUT2D eigenvalue weighted by Crippen LogP contribution is 2.34. The Morgan fingerprint density at radius 3 is 2.46 bits per heavy atom. The van der Waals surface area contributed by atoms with Crippen LogP contribution in [0.4, 0.5) is 18.9 Å². The zero-order valence-electron chi connectivity index (χ0n) is 15.5. The topological polar surface area (TPSA) is 67.9 Å². The molecule has 28 heavy (non-hydrogen) atoms. The molecule has 1 aliphatic heterocycles. The lowest BCUT2D eigenvalue weighted by Crippen LogP contribution is -2.44. The van der Waals surface area contributed by atoms with Crippen molar-refractivity contribution in [3.8, 4) is 0 Å². The number of nitrogens with zero attached hydrogens (tertiary/aromatic N) is 1. The number of amides is 1. The highest BCUT2D eigenvalue weighted by atomic mass is 35.5. The lowest BCUT2D eigenvalue weighted by atomic mass is 10.0. The van der Waals surface area contributed by atoms with E-state index in [0.29, 0.717) is 26.3 Å². The number of carbonyl (C=O) groups excluding carboxylic acids is 2. The highest BCUT2D eigenvalue weighted by Gasteiger charge is 2.32. The molecule has 0 unspecified atom stereocenters. The van der Waals surface area contributed by atoms with E-state index in [1.54, 1.807) is 18.7 Å². The van der Waals surface area contributed by atoms with Crippen molar-refractivity contribution in [1.82, 2.24) is 4.90 Å². The van der Waals surface area contributed by atoms with E-state index in [4.69, 9.17) is 21.1 Å². The maximum Gasteiger partial charge on any atom is 0.416 e. The minimum atomic E-state index is -4.52. The summed E-state index contributed by atoms with van der Waals surface area (Å²) in [6.07, 6.45) is -4.52. The fourth-order valence-corrected chi connectivity index (χ4v) is 2.84. The molecular weight excluding hydrogens is 401 g/mol. The molecule has 1 N–H and O–H groups in total. The van der Waals surface area contributed by atoms with E-state index >= 15 is 0 Å². The van der Waals surface area contributed by atoms with Crippen LogP contribution >= 0.6 is 11.6 Å². The number of esters is 1. The molecule has 0 radical (unpaired) electrons. The van der Waals surface area contributed by atoms with Crippen molar-refractivity contribution in [2.24, 2.45) is 5.92 Å². The number of nitrogens with one attached hydrogen (secondary N) is 1. The second-order valence-electron chi connectivity index (χ2n) is 6.66. The first kappa shape index (κ1) is 22.3. The average Bonchev–Trinajstić information content (AvgIpc) is 2.64. The number of halogens is 4. The minimum Gasteiger partial charge on any atom is -0.454 e. The fraction of sp³-hybridized carbons (Fsp3) is 0.556. The first-order chi connectivity index (χ1) is 13.1. The van der Waals surface area contributed by atoms with Crippen LogP contribution in [0, 0.1) is 5.92 Å². The Labute approximate surface area is 165 Å². The predicted molar refractivity (Wildman–Crippen MR) is 97.1 cm³/mol. The molecule has 6 nitrogen and oxygen atoms in total. The van der Waals surface area contributed by atoms with Gasteiger partial charge in [-0.3, -0.25) is 4.79 Å². The maximum absolute atomic E-state index is 12.8. The maximum atomic E-state index is 12.8. The Morgan fingerprint density at radius 2 is 1.93 bits per heavy atom. The summed E-state index contributed by atoms with van der Waals surface area (Å²) < 4.78 is 48.5. The van der Waals surface area contributed by atoms with Crippen molar-refractivity contribution < 1.29 is 32.2 Å². The van der Waals surface area contributed by atoms with Crippen LogP contribution in [0.1, 0.15) is 19.4 Å². The lowest BCUT2D eigenvalue weighted by Gasteiger charge is -2.27. The third-order valence-electron chi connectivity index (χ3n) is 4.23. The summed E-state index contributed by atoms with van der Waals surface area (Å²) in [5.74, 6) is -1.27. The Bertz CT molecular complexity index is 707. The Morgan fingerprint density at radius 1 is 1.29 bits per heavy atom. The standard InChI is InChI=1S/C18H22ClF3N2O4/c1-11(2)16(17(26)28-10-15(25)24-5-7-27-8-6-24)23-14-4-3-12(9-13(14)19)18(20,21)22/h3-4,9,11,16,23H,5-8,10H2,1-2H3/t16-/m0/s1. The molecule has 1 aliphatic rings. The van der Waals surface area contributed by atoms with Crippen LogP contribution in [-0.2, 0) is 25.2 Å². The van der Waals surface area contributed by atoms with Gasteiger partial charge in [0, 0.05) is 13.1 Å². The van der Waals surface area contributed by atoms with Gasteiger partial charge in [-0.2, -0.15) is 13.2 Å². The second kappa shape index (κ2) is 9.47. The number of hydrogen-bond acceptors (Lipinski definition) is 5. The van der Waals surface area contributed by atoms with Crippen molar-refractivity contribution in [2.75, 3.05) is 38.2 Å². The zero-order chi connectivity index (χ0) is 20.9. The third-order valence-corrected chi connectivity index (χ3v) is 4.54. The van der Waals surface area contributed by atoms with Gasteiger partial charge in [-0.25, -0.2) is 4.79 Å². The molecule has 1 aromatic rings. The Kier molecular flexibility index (Phi) is 7.54. The molecule has 1 aromatic carbocycles. The van der Waals surface area contributed by atoms with Gasteiger partial charge in [0.25, 0.3) is 5.91 Å². The van der Waals surface area contributed by atoms with Gasteiger partial charge in [-0.1, -0.05) is 25.4 Å². The second-order valence-corrected chi connectivity index (χ2v) is 7.07. The SMILES string of the molecule is CC(C)[C@H](Nc1ccc(C(F)(F)F)cc1Cl)C(=O)OCC(=O)N1CCOCC1. The van der Waals surface area contributed by atoms with Gasteiger partial charge in [-0.05, 0) is 24.1 Å². The molecule has 10 heteroatoms. The molecule has 0 aliphatic carbocycles. The highest BCUT2D eigenvalue weighted by molar-refractivity contribution is 6.33. The van der Waals surface area contributed by atoms with Gasteiger partial charge < -0.3 is 19.7 Å². The summed E-state index contributed by atoms with van der Waals surface area (Å²) in [6, 6.07) is 1.94. The third kappa shape index (κ3) is 6.00. The van der Waals surface area contributed by atoms with Crippen LogP contribution in [0.5, 0.6) is 0 Å². The number of morpholine rings is 1. The van der Waals surface area contributed by atoms with Crippen LogP contribution in [0.3, 0.4) is 0 Å². The van der Waals surface area contributed by atoms with Gasteiger partial charge >= 0.3 is 12.1 Å². The van der Waals surface area contributed by atoms with Crippen molar-refractivity contribution >= 4 is 29.2 Å². The lowest BCUT2D eigenvalue weighted by molar-refractivity contribution is -0.154. The summed E-state index contributed by atoms with van der Waals surface area (Å²) >= 11 is 5.93. The first-order valence-corrected chi connectivity index (χ1v) is 9.13. The van der Waals surface area contributed by atoms with Crippen molar-refractivity contribution in [3.05, 3.63) is 28.8 Å². The molecular formula is C18H22ClF3N2O4. The number of alkyl halides is 3. The van der Waals surface area contributed by atoms with E-state index in [1.807, 2.05) is 0 Å². The predicted octanol–water partition coefficient (Wildman–Crippen LogP) is 3.20. The summed E-state index contributed by atoms with van der Waals surface area (Å²) in [4.78, 5) is 26.0. The molecule has 1 atom stereocenters. The van der Waals surface area contributed by atoms with Crippen LogP contribution < -0.4 is 5.32 Å². The smallest absolute Gasteiger partial charge is 0.416 e. The Hall–Kier alpha value is -2.00. The quantitative estimate of drug-likeness (QED) is 0.713. The van der Waals surface area contributed by atoms with Crippen LogP contribution in [0.25, 0.3) is 0 Å². The zero-order valence-corrected chi connectivity index (χ0v) is 16.3. The van der Waals surface area contributed by atoms with Crippen molar-refractivity contribution in [3.63, 3.8) is 0 Å². The molecule has 1 amide bonds. The van der Waals surface area contributed by atoms with E-state index < -0.39 is 30.4 Å². The van der Waals surface area contributed by atoms with Crippen molar-refractivity contribution in [2.45, 2.75) is 26.1 Å². The van der Waals surface area contributed by atoms with Gasteiger partial charge in [-0.15, -0.1) is 0 Å². The molecule has 0 bridgehead atoms. The van der Waals surface area contributed by atoms with Gasteiger partial charge in [0.15, 0.2) is 6.61 Å². The number of anilines is 1. The monoisotopic (exact) mass is 422 g/mol. The van der Waals surface area contributed by atoms with Crippen molar-refractivity contribution in [1.29, 1.82) is 0 Å². The number of ether oxygens (including phenoxy) is 2. The van der Waals surface area contributed by atoms with Crippen LogP contribution in [0.15, 0.2) is 18.2 Å². The molecule has 0 saturated carbocycles. The van der Waals surface area contributed by atoms with E-state index in [1.165, 1.54) is 0 Å². The number of benzene rings is 1. The summed E-state index contributed by atoms with van der Waals surface area (Å²) in [5, 5.41) is 2.64. The van der Waals surface area contributed by atoms with E-state index in [-0.39, 0.29) is 22.5 Å². The normalized spacial score (nSPS) is 16.0. The largest absolute Gasteiger partial charge is 0.454 e. The fourth-order valence-electron chi connectivity index (χ4n) is 2.60. The van der Waals surface area contributed by atoms with Gasteiger partial charge in [0.2, 0.25) is 0 Å². The molecule has 1 saturated heterocycles. The molecule has 1 heterocycles. The summed E-state index contributed by atoms with van der Waals surface area (Å²) in [6.45, 7) is 4.79. The molecule has 1 fully saturated rings. The number of carbonyl (C=O) groups is 2. The Balaban J connectivity index is 2.00. The average molecular weight is 423 g/mol.